The van der Waals surface area contributed by atoms with Gasteiger partial charge in [-0.2, -0.15) is 9.97 Å². The molecular formula is C21H22N6O2. The summed E-state index contributed by atoms with van der Waals surface area (Å²) in [5, 5.41) is 0. The normalized spacial score (nSPS) is 11.0. The van der Waals surface area contributed by atoms with Crippen molar-refractivity contribution in [3.05, 3.63) is 65.2 Å². The van der Waals surface area contributed by atoms with Gasteiger partial charge in [0.2, 0.25) is 11.8 Å². The lowest BCUT2D eigenvalue weighted by atomic mass is 10.1. The van der Waals surface area contributed by atoms with Gasteiger partial charge in [0.1, 0.15) is 12.4 Å². The van der Waals surface area contributed by atoms with Crippen molar-refractivity contribution in [2.24, 2.45) is 0 Å². The summed E-state index contributed by atoms with van der Waals surface area (Å²) < 4.78 is 13.3. The van der Waals surface area contributed by atoms with E-state index < -0.39 is 0 Å². The second kappa shape index (κ2) is 7.75. The molecule has 0 aliphatic rings. The quantitative estimate of drug-likeness (QED) is 0.540. The molecule has 148 valence electrons. The number of anilines is 1. The molecule has 3 aromatic heterocycles. The zero-order valence-corrected chi connectivity index (χ0v) is 16.6. The molecule has 0 amide bonds. The number of methoxy groups -OCH3 is 1. The van der Waals surface area contributed by atoms with E-state index in [2.05, 4.69) is 19.9 Å². The van der Waals surface area contributed by atoms with Crippen LogP contribution in [0.3, 0.4) is 0 Å². The van der Waals surface area contributed by atoms with Crippen LogP contribution >= 0.6 is 0 Å². The van der Waals surface area contributed by atoms with Crippen LogP contribution in [0.2, 0.25) is 0 Å². The summed E-state index contributed by atoms with van der Waals surface area (Å²) >= 11 is 0. The number of nitrogen functional groups attached to an aromatic ring is 1. The Labute approximate surface area is 168 Å². The third-order valence-corrected chi connectivity index (χ3v) is 4.74. The SMILES string of the molecule is COc1c(C)cnc(Cn2cnc3c(OCc4ccccc4)nc(N)nc32)c1C. The highest BCUT2D eigenvalue weighted by Crippen LogP contribution is 2.27. The van der Waals surface area contributed by atoms with Crippen molar-refractivity contribution in [3.8, 4) is 11.6 Å². The summed E-state index contributed by atoms with van der Waals surface area (Å²) in [6.45, 7) is 4.81. The predicted octanol–water partition coefficient (Wildman–Crippen LogP) is 3.06. The number of aryl methyl sites for hydroxylation is 1. The second-order valence-electron chi connectivity index (χ2n) is 6.75. The Balaban J connectivity index is 1.66. The van der Waals surface area contributed by atoms with Crippen LogP contribution in [0.15, 0.2) is 42.9 Å². The first-order valence-electron chi connectivity index (χ1n) is 9.21. The number of nitrogens with zero attached hydrogens (tertiary/aromatic N) is 5. The summed E-state index contributed by atoms with van der Waals surface area (Å²) in [5.74, 6) is 1.33. The molecule has 4 rings (SSSR count). The van der Waals surface area contributed by atoms with Gasteiger partial charge in [-0.15, -0.1) is 0 Å². The number of fused-ring (bicyclic) bond motifs is 1. The van der Waals surface area contributed by atoms with Gasteiger partial charge in [-0.25, -0.2) is 4.98 Å². The fourth-order valence-corrected chi connectivity index (χ4v) is 3.27. The molecule has 0 radical (unpaired) electrons. The molecule has 0 saturated carbocycles. The van der Waals surface area contributed by atoms with Crippen molar-refractivity contribution < 1.29 is 9.47 Å². The fourth-order valence-electron chi connectivity index (χ4n) is 3.27. The number of ether oxygens (including phenoxy) is 2. The Bertz CT molecular complexity index is 1160. The Morgan fingerprint density at radius 1 is 1.07 bits per heavy atom. The van der Waals surface area contributed by atoms with Crippen LogP contribution in [0.4, 0.5) is 5.95 Å². The minimum Gasteiger partial charge on any atom is -0.496 e. The summed E-state index contributed by atoms with van der Waals surface area (Å²) in [6, 6.07) is 9.85. The van der Waals surface area contributed by atoms with Gasteiger partial charge in [0.05, 0.1) is 25.7 Å². The van der Waals surface area contributed by atoms with Gasteiger partial charge in [-0.05, 0) is 19.4 Å². The largest absolute Gasteiger partial charge is 0.496 e. The third kappa shape index (κ3) is 3.69. The molecule has 1 aromatic carbocycles. The lowest BCUT2D eigenvalue weighted by Gasteiger charge is -2.13. The van der Waals surface area contributed by atoms with E-state index in [9.17, 15) is 0 Å². The average molecular weight is 390 g/mol. The summed E-state index contributed by atoms with van der Waals surface area (Å²) in [6.07, 6.45) is 3.50. The molecule has 3 heterocycles. The molecule has 2 N–H and O–H groups in total. The molecule has 29 heavy (non-hydrogen) atoms. The van der Waals surface area contributed by atoms with Gasteiger partial charge in [-0.1, -0.05) is 30.3 Å². The van der Waals surface area contributed by atoms with Gasteiger partial charge in [0, 0.05) is 17.3 Å². The maximum atomic E-state index is 5.93. The lowest BCUT2D eigenvalue weighted by Crippen LogP contribution is -2.07. The molecule has 0 fully saturated rings. The van der Waals surface area contributed by atoms with E-state index in [0.29, 0.717) is 30.2 Å². The van der Waals surface area contributed by atoms with Gasteiger partial charge in [0.25, 0.3) is 0 Å². The van der Waals surface area contributed by atoms with E-state index in [4.69, 9.17) is 15.2 Å². The van der Waals surface area contributed by atoms with Crippen molar-refractivity contribution in [2.45, 2.75) is 27.0 Å². The van der Waals surface area contributed by atoms with Gasteiger partial charge >= 0.3 is 0 Å². The number of benzene rings is 1. The number of imidazole rings is 1. The van der Waals surface area contributed by atoms with Gasteiger partial charge in [-0.3, -0.25) is 4.98 Å². The van der Waals surface area contributed by atoms with E-state index in [1.54, 1.807) is 19.6 Å². The first-order chi connectivity index (χ1) is 14.1. The molecule has 0 spiro atoms. The summed E-state index contributed by atoms with van der Waals surface area (Å²) in [4.78, 5) is 17.6. The fraction of sp³-hybridized carbons (Fsp3) is 0.238. The number of nitrogens with two attached hydrogens (primary N) is 1. The molecule has 0 aliphatic carbocycles. The molecule has 0 atom stereocenters. The maximum absolute atomic E-state index is 5.93. The Hall–Kier alpha value is -3.68. The maximum Gasteiger partial charge on any atom is 0.247 e. The first kappa shape index (κ1) is 18.7. The Morgan fingerprint density at radius 3 is 2.62 bits per heavy atom. The number of hydrogen-bond donors (Lipinski definition) is 1. The monoisotopic (exact) mass is 390 g/mol. The van der Waals surface area contributed by atoms with Crippen LogP contribution < -0.4 is 15.2 Å². The van der Waals surface area contributed by atoms with E-state index in [0.717, 1.165) is 28.1 Å². The summed E-state index contributed by atoms with van der Waals surface area (Å²) in [5.41, 5.74) is 11.0. The van der Waals surface area contributed by atoms with Crippen LogP contribution in [0.5, 0.6) is 11.6 Å². The van der Waals surface area contributed by atoms with Gasteiger partial charge < -0.3 is 19.8 Å². The van der Waals surface area contributed by atoms with Crippen molar-refractivity contribution in [2.75, 3.05) is 12.8 Å². The molecule has 0 saturated heterocycles. The Morgan fingerprint density at radius 2 is 1.86 bits per heavy atom. The van der Waals surface area contributed by atoms with Crippen LogP contribution in [-0.4, -0.2) is 31.6 Å². The third-order valence-electron chi connectivity index (χ3n) is 4.74. The minimum absolute atomic E-state index is 0.133. The molecule has 0 unspecified atom stereocenters. The highest BCUT2D eigenvalue weighted by atomic mass is 16.5. The highest BCUT2D eigenvalue weighted by Gasteiger charge is 2.16. The van der Waals surface area contributed by atoms with Crippen molar-refractivity contribution in [1.29, 1.82) is 0 Å². The van der Waals surface area contributed by atoms with E-state index in [1.165, 1.54) is 0 Å². The number of hydrogen-bond acceptors (Lipinski definition) is 7. The van der Waals surface area contributed by atoms with Crippen LogP contribution in [-0.2, 0) is 13.2 Å². The molecule has 4 aromatic rings. The van der Waals surface area contributed by atoms with Crippen molar-refractivity contribution >= 4 is 17.1 Å². The van der Waals surface area contributed by atoms with Gasteiger partial charge in [0.15, 0.2) is 11.2 Å². The van der Waals surface area contributed by atoms with E-state index in [1.807, 2.05) is 48.7 Å². The van der Waals surface area contributed by atoms with Crippen LogP contribution in [0.1, 0.15) is 22.4 Å². The highest BCUT2D eigenvalue weighted by molar-refractivity contribution is 5.77. The molecule has 0 bridgehead atoms. The number of rotatable bonds is 6. The van der Waals surface area contributed by atoms with Crippen molar-refractivity contribution in [3.63, 3.8) is 0 Å². The number of aromatic nitrogens is 5. The topological polar surface area (TPSA) is 101 Å². The molecule has 8 heteroatoms. The van der Waals surface area contributed by atoms with E-state index >= 15 is 0 Å². The zero-order valence-electron chi connectivity index (χ0n) is 16.6. The minimum atomic E-state index is 0.133. The molecular weight excluding hydrogens is 368 g/mol. The second-order valence-corrected chi connectivity index (χ2v) is 6.75. The van der Waals surface area contributed by atoms with Crippen LogP contribution in [0.25, 0.3) is 11.2 Å². The van der Waals surface area contributed by atoms with Crippen molar-refractivity contribution in [1.82, 2.24) is 24.5 Å². The predicted molar refractivity (Wildman–Crippen MR) is 110 cm³/mol. The first-order valence-corrected chi connectivity index (χ1v) is 9.21. The average Bonchev–Trinajstić information content (AvgIpc) is 3.12. The molecule has 0 aliphatic heterocycles. The Kier molecular flexibility index (Phi) is 4.99. The lowest BCUT2D eigenvalue weighted by molar-refractivity contribution is 0.297. The van der Waals surface area contributed by atoms with Crippen LogP contribution in [0, 0.1) is 13.8 Å². The summed E-state index contributed by atoms with van der Waals surface area (Å²) in [7, 11) is 1.66. The smallest absolute Gasteiger partial charge is 0.247 e. The van der Waals surface area contributed by atoms with E-state index in [-0.39, 0.29) is 5.95 Å². The zero-order chi connectivity index (χ0) is 20.4. The number of pyridine rings is 1. The molecule has 8 nitrogen and oxygen atoms in total. The standard InChI is InChI=1S/C21H22N6O2/c1-13-9-23-16(14(2)18(13)28-3)10-27-12-24-17-19(27)25-21(22)26-20(17)29-11-15-7-5-4-6-8-15/h4-9,12H,10-11H2,1-3H3,(H2,22,25,26).